The number of nitrogens with one attached hydrogen (secondary N) is 1. The van der Waals surface area contributed by atoms with E-state index in [0.29, 0.717) is 12.0 Å². The number of ether oxygens (including phenoxy) is 1. The Balaban J connectivity index is 1.84. The highest BCUT2D eigenvalue weighted by molar-refractivity contribution is 4.99. The molecule has 1 saturated heterocycles. The summed E-state index contributed by atoms with van der Waals surface area (Å²) in [6, 6.07) is 0.436. The van der Waals surface area contributed by atoms with Gasteiger partial charge in [-0.25, -0.2) is 4.98 Å². The molecule has 2 atom stereocenters. The Morgan fingerprint density at radius 1 is 1.59 bits per heavy atom. The van der Waals surface area contributed by atoms with Crippen molar-refractivity contribution < 1.29 is 9.15 Å². The molecule has 1 aromatic heterocycles. The summed E-state index contributed by atoms with van der Waals surface area (Å²) in [6.07, 6.45) is 6.00. The standard InChI is InChI=1S/C13H22N2O2/c1-10(14-2)6-12-9-17-13(15-12)7-11-4-3-5-16-8-11/h9-11,14H,3-8H2,1-2H3. The second kappa shape index (κ2) is 6.17. The molecule has 0 aliphatic carbocycles. The molecule has 0 spiro atoms. The minimum Gasteiger partial charge on any atom is -0.449 e. The van der Waals surface area contributed by atoms with E-state index in [1.165, 1.54) is 6.42 Å². The molecule has 1 aliphatic rings. The van der Waals surface area contributed by atoms with Gasteiger partial charge in [-0.05, 0) is 32.7 Å². The molecule has 0 radical (unpaired) electrons. The molecular weight excluding hydrogens is 216 g/mol. The van der Waals surface area contributed by atoms with Crippen LogP contribution < -0.4 is 5.32 Å². The first-order valence-corrected chi connectivity index (χ1v) is 6.46. The molecule has 1 N–H and O–H groups in total. The van der Waals surface area contributed by atoms with Crippen molar-refractivity contribution in [1.29, 1.82) is 0 Å². The van der Waals surface area contributed by atoms with Crippen LogP contribution in [-0.2, 0) is 17.6 Å². The third-order valence-electron chi connectivity index (χ3n) is 3.33. The number of aromatic nitrogens is 1. The zero-order valence-electron chi connectivity index (χ0n) is 10.7. The van der Waals surface area contributed by atoms with Gasteiger partial charge >= 0.3 is 0 Å². The Labute approximate surface area is 103 Å². The van der Waals surface area contributed by atoms with Crippen LogP contribution in [0.1, 0.15) is 31.4 Å². The molecule has 2 unspecified atom stereocenters. The van der Waals surface area contributed by atoms with Crippen LogP contribution in [0.15, 0.2) is 10.7 Å². The molecule has 1 aliphatic heterocycles. The van der Waals surface area contributed by atoms with E-state index < -0.39 is 0 Å². The summed E-state index contributed by atoms with van der Waals surface area (Å²) in [6.45, 7) is 3.90. The zero-order valence-corrected chi connectivity index (χ0v) is 10.7. The van der Waals surface area contributed by atoms with Gasteiger partial charge in [0.1, 0.15) is 6.26 Å². The van der Waals surface area contributed by atoms with E-state index >= 15 is 0 Å². The minimum absolute atomic E-state index is 0.436. The highest BCUT2D eigenvalue weighted by Crippen LogP contribution is 2.18. The lowest BCUT2D eigenvalue weighted by atomic mass is 9.99. The van der Waals surface area contributed by atoms with Crippen molar-refractivity contribution in [2.75, 3.05) is 20.3 Å². The molecule has 2 heterocycles. The minimum atomic E-state index is 0.436. The second-order valence-electron chi connectivity index (χ2n) is 4.91. The van der Waals surface area contributed by atoms with E-state index in [9.17, 15) is 0 Å². The summed E-state index contributed by atoms with van der Waals surface area (Å²) >= 11 is 0. The smallest absolute Gasteiger partial charge is 0.194 e. The first-order chi connectivity index (χ1) is 8.28. The van der Waals surface area contributed by atoms with Gasteiger partial charge in [-0.2, -0.15) is 0 Å². The first-order valence-electron chi connectivity index (χ1n) is 6.46. The first kappa shape index (κ1) is 12.6. The van der Waals surface area contributed by atoms with Crippen LogP contribution in [0.25, 0.3) is 0 Å². The maximum atomic E-state index is 5.52. The monoisotopic (exact) mass is 238 g/mol. The predicted octanol–water partition coefficient (Wildman–Crippen LogP) is 1.79. The van der Waals surface area contributed by atoms with Crippen molar-refractivity contribution in [1.82, 2.24) is 10.3 Å². The van der Waals surface area contributed by atoms with Gasteiger partial charge in [0, 0.05) is 32.1 Å². The van der Waals surface area contributed by atoms with Gasteiger partial charge in [0.05, 0.1) is 5.69 Å². The maximum Gasteiger partial charge on any atom is 0.194 e. The van der Waals surface area contributed by atoms with Crippen LogP contribution in [0.3, 0.4) is 0 Å². The van der Waals surface area contributed by atoms with E-state index in [-0.39, 0.29) is 0 Å². The molecule has 0 saturated carbocycles. The molecule has 0 aromatic carbocycles. The summed E-state index contributed by atoms with van der Waals surface area (Å²) in [5.41, 5.74) is 1.04. The summed E-state index contributed by atoms with van der Waals surface area (Å²) in [5.74, 6) is 1.44. The summed E-state index contributed by atoms with van der Waals surface area (Å²) < 4.78 is 11.0. The van der Waals surface area contributed by atoms with Gasteiger partial charge in [0.25, 0.3) is 0 Å². The quantitative estimate of drug-likeness (QED) is 0.849. The van der Waals surface area contributed by atoms with E-state index in [0.717, 1.165) is 44.1 Å². The van der Waals surface area contributed by atoms with Crippen molar-refractivity contribution in [3.05, 3.63) is 17.8 Å². The highest BCUT2D eigenvalue weighted by atomic mass is 16.5. The molecule has 1 aromatic rings. The molecular formula is C13H22N2O2. The van der Waals surface area contributed by atoms with Crippen LogP contribution in [0.4, 0.5) is 0 Å². The average molecular weight is 238 g/mol. The Hall–Kier alpha value is -0.870. The van der Waals surface area contributed by atoms with Gasteiger partial charge in [-0.1, -0.05) is 0 Å². The number of likely N-dealkylation sites (N-methyl/N-ethyl adjacent to an activating group) is 1. The normalized spacial score (nSPS) is 22.6. The van der Waals surface area contributed by atoms with Crippen molar-refractivity contribution >= 4 is 0 Å². The Bertz CT molecular complexity index is 332. The molecule has 96 valence electrons. The molecule has 17 heavy (non-hydrogen) atoms. The largest absolute Gasteiger partial charge is 0.449 e. The number of nitrogens with zero attached hydrogens (tertiary/aromatic N) is 1. The molecule has 0 amide bonds. The van der Waals surface area contributed by atoms with Crippen LogP contribution in [0, 0.1) is 5.92 Å². The second-order valence-corrected chi connectivity index (χ2v) is 4.91. The number of rotatable bonds is 5. The van der Waals surface area contributed by atoms with Gasteiger partial charge in [-0.3, -0.25) is 0 Å². The van der Waals surface area contributed by atoms with E-state index in [1.807, 2.05) is 7.05 Å². The van der Waals surface area contributed by atoms with Crippen LogP contribution >= 0.6 is 0 Å². The lowest BCUT2D eigenvalue weighted by Gasteiger charge is -2.20. The van der Waals surface area contributed by atoms with Crippen molar-refractivity contribution in [3.8, 4) is 0 Å². The lowest BCUT2D eigenvalue weighted by Crippen LogP contribution is -2.23. The van der Waals surface area contributed by atoms with Gasteiger partial charge in [0.15, 0.2) is 5.89 Å². The van der Waals surface area contributed by atoms with Crippen LogP contribution in [0.2, 0.25) is 0 Å². The van der Waals surface area contributed by atoms with E-state index in [4.69, 9.17) is 9.15 Å². The lowest BCUT2D eigenvalue weighted by molar-refractivity contribution is 0.0526. The average Bonchev–Trinajstić information content (AvgIpc) is 2.77. The van der Waals surface area contributed by atoms with Crippen molar-refractivity contribution in [3.63, 3.8) is 0 Å². The highest BCUT2D eigenvalue weighted by Gasteiger charge is 2.17. The van der Waals surface area contributed by atoms with Crippen LogP contribution in [-0.4, -0.2) is 31.3 Å². The molecule has 0 bridgehead atoms. The number of hydrogen-bond donors (Lipinski definition) is 1. The molecule has 2 rings (SSSR count). The van der Waals surface area contributed by atoms with E-state index in [2.05, 4.69) is 17.2 Å². The predicted molar refractivity (Wildman–Crippen MR) is 66.0 cm³/mol. The molecule has 4 heteroatoms. The Morgan fingerprint density at radius 2 is 2.47 bits per heavy atom. The SMILES string of the molecule is CNC(C)Cc1coc(CC2CCCOC2)n1. The van der Waals surface area contributed by atoms with Crippen LogP contribution in [0.5, 0.6) is 0 Å². The van der Waals surface area contributed by atoms with Gasteiger partial charge in [0.2, 0.25) is 0 Å². The topological polar surface area (TPSA) is 47.3 Å². The fourth-order valence-electron chi connectivity index (χ4n) is 2.17. The summed E-state index contributed by atoms with van der Waals surface area (Å²) in [5, 5.41) is 3.20. The van der Waals surface area contributed by atoms with Crippen molar-refractivity contribution in [2.45, 2.75) is 38.6 Å². The summed E-state index contributed by atoms with van der Waals surface area (Å²) in [4.78, 5) is 4.53. The van der Waals surface area contributed by atoms with E-state index in [1.54, 1.807) is 6.26 Å². The number of hydrogen-bond acceptors (Lipinski definition) is 4. The fourth-order valence-corrected chi connectivity index (χ4v) is 2.17. The van der Waals surface area contributed by atoms with Crippen molar-refractivity contribution in [2.24, 2.45) is 5.92 Å². The molecule has 4 nitrogen and oxygen atoms in total. The molecule has 1 fully saturated rings. The Kier molecular flexibility index (Phi) is 4.57. The Morgan fingerprint density at radius 3 is 3.18 bits per heavy atom. The fraction of sp³-hybridized carbons (Fsp3) is 0.769. The maximum absolute atomic E-state index is 5.52. The zero-order chi connectivity index (χ0) is 12.1. The number of oxazole rings is 1. The van der Waals surface area contributed by atoms with Gasteiger partial charge in [-0.15, -0.1) is 0 Å². The third-order valence-corrected chi connectivity index (χ3v) is 3.33. The summed E-state index contributed by atoms with van der Waals surface area (Å²) in [7, 11) is 1.96. The van der Waals surface area contributed by atoms with Gasteiger partial charge < -0.3 is 14.5 Å². The third kappa shape index (κ3) is 3.82.